The van der Waals surface area contributed by atoms with Gasteiger partial charge in [0.05, 0.1) is 0 Å². The van der Waals surface area contributed by atoms with Crippen LogP contribution in [0.5, 0.6) is 0 Å². The van der Waals surface area contributed by atoms with Gasteiger partial charge in [0.25, 0.3) is 0 Å². The van der Waals surface area contributed by atoms with E-state index in [1.54, 1.807) is 0 Å². The number of hydrogen-bond donors (Lipinski definition) is 0. The van der Waals surface area contributed by atoms with Crippen LogP contribution in [0.25, 0.3) is 34.4 Å². The van der Waals surface area contributed by atoms with E-state index in [9.17, 15) is 0 Å². The molecule has 0 spiro atoms. The molecule has 2 aliphatic carbocycles. The Kier molecular flexibility index (Phi) is 9.08. The van der Waals surface area contributed by atoms with Crippen LogP contribution in [0.4, 0.5) is 0 Å². The van der Waals surface area contributed by atoms with Crippen LogP contribution >= 0.6 is 17.0 Å². The van der Waals surface area contributed by atoms with E-state index in [2.05, 4.69) is 137 Å². The Balaban J connectivity index is 1.66. The van der Waals surface area contributed by atoms with Gasteiger partial charge in [0.1, 0.15) is 0 Å². The minimum absolute atomic E-state index is 0.0602. The summed E-state index contributed by atoms with van der Waals surface area (Å²) in [7, 11) is 17.2. The molecule has 0 aromatic heterocycles. The van der Waals surface area contributed by atoms with E-state index in [1.165, 1.54) is 100 Å². The molecule has 0 bridgehead atoms. The molecule has 0 saturated carbocycles. The minimum atomic E-state index is -4.91. The summed E-state index contributed by atoms with van der Waals surface area (Å²) in [6.45, 7) is 25.0. The molecule has 2 atom stereocenters. The van der Waals surface area contributed by atoms with Gasteiger partial charge in [0.15, 0.2) is 0 Å². The van der Waals surface area contributed by atoms with Crippen LogP contribution < -0.4 is 0 Å². The first-order valence-corrected chi connectivity index (χ1v) is 28.5. The molecule has 0 nitrogen and oxygen atoms in total. The van der Waals surface area contributed by atoms with E-state index in [1.807, 2.05) is 0 Å². The number of benzene rings is 4. The molecule has 2 aliphatic rings. The Bertz CT molecular complexity index is 1880. The van der Waals surface area contributed by atoms with Gasteiger partial charge in [-0.15, -0.1) is 0 Å². The van der Waals surface area contributed by atoms with Gasteiger partial charge in [0, 0.05) is 0 Å². The van der Waals surface area contributed by atoms with Crippen molar-refractivity contribution in [1.82, 2.24) is 0 Å². The molecule has 2 unspecified atom stereocenters. The van der Waals surface area contributed by atoms with Gasteiger partial charge in [-0.3, -0.25) is 0 Å². The average molecular weight is 742 g/mol. The van der Waals surface area contributed by atoms with Crippen molar-refractivity contribution in [1.29, 1.82) is 0 Å². The van der Waals surface area contributed by atoms with Crippen molar-refractivity contribution in [2.45, 2.75) is 100 Å². The molecule has 4 aromatic carbocycles. The molecule has 0 saturated heterocycles. The Morgan fingerprint density at radius 3 is 1.26 bits per heavy atom. The summed E-state index contributed by atoms with van der Waals surface area (Å²) in [5, 5.41) is 0. The van der Waals surface area contributed by atoms with Crippen molar-refractivity contribution in [3.05, 3.63) is 126 Å². The normalized spacial score (nSPS) is 18.0. The third-order valence-electron chi connectivity index (χ3n) is 12.0. The molecule has 3 heteroatoms. The zero-order valence-electron chi connectivity index (χ0n) is 30.3. The van der Waals surface area contributed by atoms with Gasteiger partial charge in [-0.05, 0) is 0 Å². The van der Waals surface area contributed by atoms with Gasteiger partial charge >= 0.3 is 295 Å². The molecule has 0 radical (unpaired) electrons. The van der Waals surface area contributed by atoms with Crippen molar-refractivity contribution in [2.75, 3.05) is 0 Å². The molecule has 47 heavy (non-hydrogen) atoms. The number of allylic oxidation sites excluding steroid dienone is 2. The van der Waals surface area contributed by atoms with Crippen molar-refractivity contribution in [2.24, 2.45) is 0 Å². The molecule has 245 valence electrons. The predicted molar refractivity (Wildman–Crippen MR) is 206 cm³/mol. The summed E-state index contributed by atoms with van der Waals surface area (Å²) in [4.78, 5) is 0. The zero-order chi connectivity index (χ0) is 34.2. The van der Waals surface area contributed by atoms with E-state index in [-0.39, 0.29) is 7.25 Å². The predicted octanol–water partition coefficient (Wildman–Crippen LogP) is 14.3. The van der Waals surface area contributed by atoms with E-state index >= 15 is 0 Å². The Labute approximate surface area is 292 Å². The number of rotatable bonds is 7. The molecule has 0 heterocycles. The first-order chi connectivity index (χ1) is 22.2. The Morgan fingerprint density at radius 2 is 0.915 bits per heavy atom. The van der Waals surface area contributed by atoms with Crippen LogP contribution in [0.2, 0.25) is 4.13 Å². The number of fused-ring (bicyclic) bond motifs is 2. The maximum absolute atomic E-state index is 8.62. The first-order valence-electron chi connectivity index (χ1n) is 17.6. The second kappa shape index (κ2) is 12.3. The molecule has 0 amide bonds. The van der Waals surface area contributed by atoms with Gasteiger partial charge in [-0.1, -0.05) is 0 Å². The second-order valence-corrected chi connectivity index (χ2v) is 37.6. The molecule has 0 N–H and O–H groups in total. The van der Waals surface area contributed by atoms with Crippen LogP contribution in [-0.4, -0.2) is 0 Å². The third-order valence-corrected chi connectivity index (χ3v) is 32.7. The van der Waals surface area contributed by atoms with Crippen LogP contribution in [0.3, 0.4) is 0 Å². The van der Waals surface area contributed by atoms with Crippen molar-refractivity contribution in [3.63, 3.8) is 0 Å². The summed E-state index contributed by atoms with van der Waals surface area (Å²) >= 11 is -4.91. The zero-order valence-corrected chi connectivity index (χ0v) is 34.3. The fourth-order valence-corrected chi connectivity index (χ4v) is 28.0. The van der Waals surface area contributed by atoms with Crippen molar-refractivity contribution >= 4 is 29.2 Å². The molecule has 0 fully saturated rings. The Hall–Kier alpha value is -2.18. The summed E-state index contributed by atoms with van der Waals surface area (Å²) in [6.07, 6.45) is 6.89. The molecule has 0 aliphatic heterocycles. The monoisotopic (exact) mass is 739 g/mol. The first kappa shape index (κ1) is 34.7. The van der Waals surface area contributed by atoms with Crippen LogP contribution in [-0.2, 0) is 16.4 Å². The van der Waals surface area contributed by atoms with Gasteiger partial charge in [0.2, 0.25) is 0 Å². The number of halogens is 2. The molecule has 6 rings (SSSR count). The van der Waals surface area contributed by atoms with E-state index in [0.29, 0.717) is 0 Å². The van der Waals surface area contributed by atoms with Gasteiger partial charge < -0.3 is 0 Å². The summed E-state index contributed by atoms with van der Waals surface area (Å²) in [5.74, 6) is 0. The standard InChI is InChI=1S/2C21H23.C2H5.2ClH.Zr/c2*1-6-17-11-19-14(3)10-15(4)21(20(19)12-17)18-9-7-8-13(2)16(18)5;1-2;;;/h2*7-12H,6H2,1-5H3;1H2,2H3;2*1H;/q;;;;;+2/p-2. The van der Waals surface area contributed by atoms with Crippen LogP contribution in [0.15, 0.2) is 59.7 Å². The van der Waals surface area contributed by atoms with E-state index < -0.39 is 16.4 Å². The number of aryl methyl sites for hydroxylation is 6. The second-order valence-electron chi connectivity index (χ2n) is 14.6. The molecular weight excluding hydrogens is 691 g/mol. The quantitative estimate of drug-likeness (QED) is 0.177. The van der Waals surface area contributed by atoms with E-state index in [4.69, 9.17) is 17.0 Å². The van der Waals surface area contributed by atoms with Crippen LogP contribution in [0.1, 0.15) is 108 Å². The Morgan fingerprint density at radius 1 is 0.532 bits per heavy atom. The third kappa shape index (κ3) is 5.17. The number of hydrogen-bond acceptors (Lipinski definition) is 0. The topological polar surface area (TPSA) is 0 Å². The van der Waals surface area contributed by atoms with Crippen molar-refractivity contribution in [3.8, 4) is 22.3 Å². The van der Waals surface area contributed by atoms with Gasteiger partial charge in [-0.25, -0.2) is 0 Å². The average Bonchev–Trinajstić information content (AvgIpc) is 3.63. The van der Waals surface area contributed by atoms with Crippen molar-refractivity contribution < 1.29 is 16.4 Å². The summed E-state index contributed by atoms with van der Waals surface area (Å²) in [5.41, 5.74) is 24.3. The SMILES string of the molecule is CCC1=Cc2c(-c3cccc(C)c3C)c(C)cc(C)c2[CH]1[Zr]([Cl])([Cl])([CH2]C)[CH]1C(CC)=Cc2c(-c3cccc(C)c3C)c(C)cc(C)c21. The fraction of sp³-hybridized carbons (Fsp3) is 0.364. The van der Waals surface area contributed by atoms with Gasteiger partial charge in [-0.2, -0.15) is 0 Å². The summed E-state index contributed by atoms with van der Waals surface area (Å²) in [6, 6.07) is 18.2. The summed E-state index contributed by atoms with van der Waals surface area (Å²) < 4.78 is 0.945. The maximum atomic E-state index is 8.62. The molecular formula is C44H51Cl2Zr. The molecule has 4 aromatic rings. The van der Waals surface area contributed by atoms with E-state index in [0.717, 1.165) is 17.0 Å². The van der Waals surface area contributed by atoms with Crippen LogP contribution in [0, 0.1) is 55.4 Å². The fourth-order valence-electron chi connectivity index (χ4n) is 9.33.